The van der Waals surface area contributed by atoms with Crippen LogP contribution in [0.25, 0.3) is 6.08 Å². The van der Waals surface area contributed by atoms with E-state index in [0.717, 1.165) is 34.2 Å². The number of aromatic nitrogens is 2. The van der Waals surface area contributed by atoms with Crippen molar-refractivity contribution in [1.82, 2.24) is 14.0 Å². The minimum atomic E-state index is -0.551. The molecule has 1 saturated heterocycles. The van der Waals surface area contributed by atoms with Crippen molar-refractivity contribution >= 4 is 6.08 Å². The van der Waals surface area contributed by atoms with Crippen molar-refractivity contribution < 1.29 is 5.11 Å². The number of allylic oxidation sites excluding steroid dienone is 1. The molecule has 1 fully saturated rings. The van der Waals surface area contributed by atoms with Crippen LogP contribution < -0.4 is 11.2 Å². The SMILES string of the molecule is CN1CCCC1=C=Cc1c(O)n(C)c(=O)n(C)c1=O. The molecule has 0 radical (unpaired) electrons. The summed E-state index contributed by atoms with van der Waals surface area (Å²) in [6, 6.07) is 0. The highest BCUT2D eigenvalue weighted by Gasteiger charge is 2.14. The van der Waals surface area contributed by atoms with E-state index in [1.807, 2.05) is 7.05 Å². The molecule has 1 aliphatic heterocycles. The molecule has 0 unspecified atom stereocenters. The van der Waals surface area contributed by atoms with Crippen LogP contribution in [0.2, 0.25) is 0 Å². The molecule has 0 atom stereocenters. The van der Waals surface area contributed by atoms with E-state index in [0.29, 0.717) is 0 Å². The van der Waals surface area contributed by atoms with E-state index in [2.05, 4.69) is 10.6 Å². The Morgan fingerprint density at radius 1 is 1.21 bits per heavy atom. The number of hydrogen-bond donors (Lipinski definition) is 1. The van der Waals surface area contributed by atoms with Gasteiger partial charge < -0.3 is 10.0 Å². The molecule has 0 spiro atoms. The van der Waals surface area contributed by atoms with Crippen molar-refractivity contribution in [3.05, 3.63) is 37.8 Å². The molecule has 1 aromatic rings. The Hall–Kier alpha value is -2.20. The van der Waals surface area contributed by atoms with Gasteiger partial charge in [0.2, 0.25) is 5.88 Å². The first-order chi connectivity index (χ1) is 8.93. The zero-order chi connectivity index (χ0) is 14.2. The van der Waals surface area contributed by atoms with Gasteiger partial charge in [0.15, 0.2) is 0 Å². The molecule has 1 N–H and O–H groups in total. The van der Waals surface area contributed by atoms with Crippen molar-refractivity contribution in [1.29, 1.82) is 0 Å². The summed E-state index contributed by atoms with van der Waals surface area (Å²) in [6.07, 6.45) is 3.41. The van der Waals surface area contributed by atoms with E-state index in [1.54, 1.807) is 0 Å². The molecule has 0 amide bonds. The van der Waals surface area contributed by atoms with Crippen LogP contribution in [0.5, 0.6) is 5.88 Å². The lowest BCUT2D eigenvalue weighted by Crippen LogP contribution is -2.37. The molecule has 2 rings (SSSR count). The van der Waals surface area contributed by atoms with Gasteiger partial charge >= 0.3 is 5.69 Å². The summed E-state index contributed by atoms with van der Waals surface area (Å²) >= 11 is 0. The first kappa shape index (κ1) is 13.2. The fourth-order valence-corrected chi connectivity index (χ4v) is 2.13. The summed E-state index contributed by atoms with van der Waals surface area (Å²) in [5.74, 6) is -0.332. The molecular weight excluding hydrogens is 246 g/mol. The Balaban J connectivity index is 2.62. The maximum Gasteiger partial charge on any atom is 0.333 e. The van der Waals surface area contributed by atoms with Crippen LogP contribution >= 0.6 is 0 Å². The smallest absolute Gasteiger partial charge is 0.333 e. The van der Waals surface area contributed by atoms with Crippen LogP contribution in [0.1, 0.15) is 18.4 Å². The van der Waals surface area contributed by atoms with E-state index in [9.17, 15) is 14.7 Å². The highest BCUT2D eigenvalue weighted by molar-refractivity contribution is 5.53. The second kappa shape index (κ2) is 4.82. The maximum atomic E-state index is 11.9. The van der Waals surface area contributed by atoms with Gasteiger partial charge in [0.05, 0.1) is 5.70 Å². The predicted molar refractivity (Wildman–Crippen MR) is 71.9 cm³/mol. The van der Waals surface area contributed by atoms with Gasteiger partial charge in [0.25, 0.3) is 5.56 Å². The van der Waals surface area contributed by atoms with Crippen LogP contribution in [-0.4, -0.2) is 32.7 Å². The highest BCUT2D eigenvalue weighted by atomic mass is 16.3. The summed E-state index contributed by atoms with van der Waals surface area (Å²) in [5, 5.41) is 9.88. The Kier molecular flexibility index (Phi) is 3.36. The largest absolute Gasteiger partial charge is 0.494 e. The lowest BCUT2D eigenvalue weighted by Gasteiger charge is -2.09. The topological polar surface area (TPSA) is 67.5 Å². The molecule has 0 aliphatic carbocycles. The Labute approximate surface area is 110 Å². The van der Waals surface area contributed by atoms with Crippen LogP contribution in [0.15, 0.2) is 21.0 Å². The maximum absolute atomic E-state index is 11.9. The molecule has 102 valence electrons. The third-order valence-corrected chi connectivity index (χ3v) is 3.42. The average molecular weight is 263 g/mol. The van der Waals surface area contributed by atoms with Crippen molar-refractivity contribution in [3.63, 3.8) is 0 Å². The zero-order valence-electron chi connectivity index (χ0n) is 11.3. The van der Waals surface area contributed by atoms with E-state index >= 15 is 0 Å². The van der Waals surface area contributed by atoms with Gasteiger partial charge in [-0.05, 0) is 12.8 Å². The molecule has 0 bridgehead atoms. The number of hydrogen-bond acceptors (Lipinski definition) is 4. The van der Waals surface area contributed by atoms with Crippen LogP contribution in [0, 0.1) is 0 Å². The molecule has 19 heavy (non-hydrogen) atoms. The van der Waals surface area contributed by atoms with Gasteiger partial charge in [-0.3, -0.25) is 13.9 Å². The standard InChI is InChI=1S/C13H17N3O3/c1-14-8-4-5-9(14)6-7-10-11(17)15(2)13(19)16(3)12(10)18/h7,17H,4-5,8H2,1-3H3. The lowest BCUT2D eigenvalue weighted by molar-refractivity contribution is 0.410. The minimum Gasteiger partial charge on any atom is -0.494 e. The van der Waals surface area contributed by atoms with Crippen molar-refractivity contribution in [2.24, 2.45) is 14.1 Å². The first-order valence-corrected chi connectivity index (χ1v) is 6.09. The van der Waals surface area contributed by atoms with Crippen molar-refractivity contribution in [2.75, 3.05) is 13.6 Å². The van der Waals surface area contributed by atoms with Crippen molar-refractivity contribution in [3.8, 4) is 5.88 Å². The summed E-state index contributed by atoms with van der Waals surface area (Å²) in [5.41, 5.74) is 3.04. The van der Waals surface area contributed by atoms with Gasteiger partial charge in [-0.15, -0.1) is 0 Å². The third-order valence-electron chi connectivity index (χ3n) is 3.42. The van der Waals surface area contributed by atoms with E-state index in [1.165, 1.54) is 20.2 Å². The summed E-state index contributed by atoms with van der Waals surface area (Å²) < 4.78 is 2.01. The molecular formula is C13H17N3O3. The molecule has 6 heteroatoms. The first-order valence-electron chi connectivity index (χ1n) is 6.09. The van der Waals surface area contributed by atoms with E-state index < -0.39 is 11.2 Å². The number of aromatic hydroxyl groups is 1. The monoisotopic (exact) mass is 263 g/mol. The molecule has 2 heterocycles. The van der Waals surface area contributed by atoms with Gasteiger partial charge in [0, 0.05) is 33.8 Å². The molecule has 0 saturated carbocycles. The lowest BCUT2D eigenvalue weighted by atomic mass is 10.2. The van der Waals surface area contributed by atoms with Crippen LogP contribution in [-0.2, 0) is 14.1 Å². The molecule has 0 aromatic carbocycles. The van der Waals surface area contributed by atoms with Gasteiger partial charge in [0.1, 0.15) is 5.56 Å². The summed E-state index contributed by atoms with van der Waals surface area (Å²) in [4.78, 5) is 25.6. The highest BCUT2D eigenvalue weighted by Crippen LogP contribution is 2.18. The zero-order valence-corrected chi connectivity index (χ0v) is 11.3. The van der Waals surface area contributed by atoms with Crippen molar-refractivity contribution in [2.45, 2.75) is 12.8 Å². The van der Waals surface area contributed by atoms with Crippen LogP contribution in [0.3, 0.4) is 0 Å². The Morgan fingerprint density at radius 3 is 2.47 bits per heavy atom. The average Bonchev–Trinajstić information content (AvgIpc) is 2.80. The normalized spacial score (nSPS) is 14.7. The van der Waals surface area contributed by atoms with Gasteiger partial charge in [-0.2, -0.15) is 0 Å². The van der Waals surface area contributed by atoms with E-state index in [4.69, 9.17) is 0 Å². The molecule has 6 nitrogen and oxygen atoms in total. The molecule has 1 aromatic heterocycles. The Bertz CT molecular complexity index is 690. The summed E-state index contributed by atoms with van der Waals surface area (Å²) in [6.45, 7) is 0.966. The van der Waals surface area contributed by atoms with Gasteiger partial charge in [-0.1, -0.05) is 5.73 Å². The quantitative estimate of drug-likeness (QED) is 0.725. The Morgan fingerprint density at radius 2 is 1.89 bits per heavy atom. The fraction of sp³-hybridized carbons (Fsp3) is 0.462. The number of nitrogens with zero attached hydrogens (tertiary/aromatic N) is 3. The van der Waals surface area contributed by atoms with Gasteiger partial charge in [-0.25, -0.2) is 4.79 Å². The fourth-order valence-electron chi connectivity index (χ4n) is 2.13. The number of rotatable bonds is 1. The second-order valence-electron chi connectivity index (χ2n) is 4.70. The minimum absolute atomic E-state index is 0.0809. The van der Waals surface area contributed by atoms with Crippen LogP contribution in [0.4, 0.5) is 0 Å². The second-order valence-corrected chi connectivity index (χ2v) is 4.70. The predicted octanol–water partition coefficient (Wildman–Crippen LogP) is 0.0112. The number of likely N-dealkylation sites (tertiary alicyclic amines) is 1. The summed E-state index contributed by atoms with van der Waals surface area (Å²) in [7, 11) is 4.77. The van der Waals surface area contributed by atoms with E-state index in [-0.39, 0.29) is 11.4 Å². The third kappa shape index (κ3) is 2.22. The molecule has 1 aliphatic rings.